The summed E-state index contributed by atoms with van der Waals surface area (Å²) in [5, 5.41) is 7.12. The van der Waals surface area contributed by atoms with Crippen LogP contribution in [0.1, 0.15) is 30.7 Å². The van der Waals surface area contributed by atoms with Gasteiger partial charge >= 0.3 is 0 Å². The molecule has 0 unspecified atom stereocenters. The van der Waals surface area contributed by atoms with Gasteiger partial charge in [-0.25, -0.2) is 9.97 Å². The van der Waals surface area contributed by atoms with Crippen LogP contribution < -0.4 is 10.6 Å². The molecule has 0 aromatic carbocycles. The summed E-state index contributed by atoms with van der Waals surface area (Å²) < 4.78 is 0. The summed E-state index contributed by atoms with van der Waals surface area (Å²) in [7, 11) is 0. The van der Waals surface area contributed by atoms with Crippen molar-refractivity contribution >= 4 is 33.3 Å². The third-order valence-corrected chi connectivity index (χ3v) is 5.36. The Morgan fingerprint density at radius 1 is 1.25 bits per heavy atom. The van der Waals surface area contributed by atoms with Gasteiger partial charge in [0.05, 0.1) is 11.9 Å². The van der Waals surface area contributed by atoms with Gasteiger partial charge in [-0.15, -0.1) is 11.3 Å². The first kappa shape index (κ1) is 18.6. The first-order chi connectivity index (χ1) is 11.6. The van der Waals surface area contributed by atoms with Crippen molar-refractivity contribution in [2.24, 2.45) is 0 Å². The number of nitrogens with one attached hydrogen (secondary N) is 2. The molecule has 7 heteroatoms. The van der Waals surface area contributed by atoms with Crippen molar-refractivity contribution in [2.45, 2.75) is 34.1 Å². The quantitative estimate of drug-likeness (QED) is 0.681. The molecule has 2 rings (SSSR count). The highest BCUT2D eigenvalue weighted by Gasteiger charge is 2.12. The number of hydrogen-bond donors (Lipinski definition) is 2. The maximum absolute atomic E-state index is 12.0. The number of carbonyl (C=O) groups is 1. The Labute approximate surface area is 147 Å². The van der Waals surface area contributed by atoms with E-state index in [1.165, 1.54) is 10.4 Å². The maximum Gasteiger partial charge on any atom is 0.239 e. The lowest BCUT2D eigenvalue weighted by atomic mass is 10.2. The zero-order chi connectivity index (χ0) is 17.5. The number of hydrogen-bond acceptors (Lipinski definition) is 6. The zero-order valence-electron chi connectivity index (χ0n) is 15.0. The van der Waals surface area contributed by atoms with Crippen LogP contribution in [-0.2, 0) is 4.79 Å². The lowest BCUT2D eigenvalue weighted by molar-refractivity contribution is -0.119. The molecule has 0 aliphatic rings. The molecule has 24 heavy (non-hydrogen) atoms. The molecule has 2 aromatic heterocycles. The average Bonchev–Trinajstić information content (AvgIpc) is 2.88. The van der Waals surface area contributed by atoms with Crippen LogP contribution in [0.25, 0.3) is 10.2 Å². The molecule has 0 aliphatic heterocycles. The molecular weight excluding hydrogens is 322 g/mol. The van der Waals surface area contributed by atoms with Gasteiger partial charge in [-0.05, 0) is 45.5 Å². The predicted molar refractivity (Wildman–Crippen MR) is 101 cm³/mol. The van der Waals surface area contributed by atoms with Crippen LogP contribution >= 0.6 is 11.3 Å². The number of thiophene rings is 1. The van der Waals surface area contributed by atoms with Crippen LogP contribution in [0.15, 0.2) is 6.33 Å². The molecule has 6 nitrogen and oxygen atoms in total. The topological polar surface area (TPSA) is 70.2 Å². The fourth-order valence-electron chi connectivity index (χ4n) is 2.61. The van der Waals surface area contributed by atoms with E-state index in [1.807, 2.05) is 0 Å². The highest BCUT2D eigenvalue weighted by atomic mass is 32.1. The fraction of sp³-hybridized carbons (Fsp3) is 0.588. The highest BCUT2D eigenvalue weighted by Crippen LogP contribution is 2.32. The molecule has 0 radical (unpaired) electrons. The Morgan fingerprint density at radius 2 is 2.00 bits per heavy atom. The third-order valence-electron chi connectivity index (χ3n) is 4.25. The van der Waals surface area contributed by atoms with Crippen molar-refractivity contribution in [1.29, 1.82) is 0 Å². The molecule has 0 saturated heterocycles. The van der Waals surface area contributed by atoms with E-state index < -0.39 is 0 Å². The fourth-order valence-corrected chi connectivity index (χ4v) is 3.61. The second-order valence-electron chi connectivity index (χ2n) is 5.77. The standard InChI is InChI=1S/C17H27N5OS/c1-5-22(6-2)9-7-8-18-14(23)10-19-16-15-12(3)13(4)24-17(15)21-11-20-16/h11H,5-10H2,1-4H3,(H,18,23)(H,19,20,21). The van der Waals surface area contributed by atoms with Crippen molar-refractivity contribution in [3.05, 3.63) is 16.8 Å². The molecule has 0 atom stereocenters. The van der Waals surface area contributed by atoms with Crippen LogP contribution in [-0.4, -0.2) is 53.5 Å². The smallest absolute Gasteiger partial charge is 0.239 e. The van der Waals surface area contributed by atoms with Crippen LogP contribution in [0.3, 0.4) is 0 Å². The lowest BCUT2D eigenvalue weighted by Crippen LogP contribution is -2.33. The summed E-state index contributed by atoms with van der Waals surface area (Å²) in [5.74, 6) is 0.728. The number of aromatic nitrogens is 2. The van der Waals surface area contributed by atoms with E-state index in [-0.39, 0.29) is 12.5 Å². The Morgan fingerprint density at radius 3 is 2.71 bits per heavy atom. The van der Waals surface area contributed by atoms with Crippen LogP contribution in [0, 0.1) is 13.8 Å². The molecule has 1 amide bonds. The Kier molecular flexibility index (Phi) is 6.93. The molecule has 0 fully saturated rings. The molecule has 0 bridgehead atoms. The minimum atomic E-state index is -0.00841. The number of fused-ring (bicyclic) bond motifs is 1. The molecule has 0 spiro atoms. The number of carbonyl (C=O) groups excluding carboxylic acids is 1. The minimum absolute atomic E-state index is 0.00841. The molecule has 132 valence electrons. The van der Waals surface area contributed by atoms with Crippen molar-refractivity contribution in [3.63, 3.8) is 0 Å². The second-order valence-corrected chi connectivity index (χ2v) is 6.97. The van der Waals surface area contributed by atoms with Gasteiger partial charge in [0.25, 0.3) is 0 Å². The normalized spacial score (nSPS) is 11.2. The summed E-state index contributed by atoms with van der Waals surface area (Å²) in [4.78, 5) is 25.1. The SMILES string of the molecule is CCN(CC)CCCNC(=O)CNc1ncnc2sc(C)c(C)c12. The van der Waals surface area contributed by atoms with Crippen molar-refractivity contribution < 1.29 is 4.79 Å². The van der Waals surface area contributed by atoms with Gasteiger partial charge in [0, 0.05) is 11.4 Å². The lowest BCUT2D eigenvalue weighted by Gasteiger charge is -2.17. The summed E-state index contributed by atoms with van der Waals surface area (Å²) >= 11 is 1.65. The van der Waals surface area contributed by atoms with Gasteiger partial charge in [-0.3, -0.25) is 4.79 Å². The van der Waals surface area contributed by atoms with Crippen LogP contribution in [0.4, 0.5) is 5.82 Å². The Balaban J connectivity index is 1.82. The summed E-state index contributed by atoms with van der Waals surface area (Å²) in [5.41, 5.74) is 1.18. The first-order valence-corrected chi connectivity index (χ1v) is 9.32. The Hall–Kier alpha value is -1.73. The molecular formula is C17H27N5OS. The molecule has 2 aromatic rings. The molecule has 2 N–H and O–H groups in total. The molecule has 2 heterocycles. The first-order valence-electron chi connectivity index (χ1n) is 8.50. The van der Waals surface area contributed by atoms with Crippen molar-refractivity contribution in [1.82, 2.24) is 20.2 Å². The van der Waals surface area contributed by atoms with Crippen LogP contribution in [0.5, 0.6) is 0 Å². The van der Waals surface area contributed by atoms with E-state index >= 15 is 0 Å². The maximum atomic E-state index is 12.0. The second kappa shape index (κ2) is 8.94. The van der Waals surface area contributed by atoms with E-state index in [0.29, 0.717) is 6.54 Å². The van der Waals surface area contributed by atoms with Gasteiger partial charge in [-0.2, -0.15) is 0 Å². The van der Waals surface area contributed by atoms with Gasteiger partial charge in [0.2, 0.25) is 5.91 Å². The van der Waals surface area contributed by atoms with Crippen molar-refractivity contribution in [3.8, 4) is 0 Å². The van der Waals surface area contributed by atoms with Crippen molar-refractivity contribution in [2.75, 3.05) is 38.0 Å². The number of rotatable bonds is 9. The molecule has 0 aliphatic carbocycles. The minimum Gasteiger partial charge on any atom is -0.360 e. The Bertz CT molecular complexity index is 681. The largest absolute Gasteiger partial charge is 0.360 e. The average molecular weight is 350 g/mol. The highest BCUT2D eigenvalue weighted by molar-refractivity contribution is 7.18. The van der Waals surface area contributed by atoms with Crippen LogP contribution in [0.2, 0.25) is 0 Å². The monoisotopic (exact) mass is 349 g/mol. The number of nitrogens with zero attached hydrogens (tertiary/aromatic N) is 3. The van der Waals surface area contributed by atoms with E-state index in [4.69, 9.17) is 0 Å². The van der Waals surface area contributed by atoms with E-state index in [2.05, 4.69) is 53.2 Å². The summed E-state index contributed by atoms with van der Waals surface area (Å²) in [6.45, 7) is 12.5. The molecule has 0 saturated carbocycles. The van der Waals surface area contributed by atoms with Gasteiger partial charge < -0.3 is 15.5 Å². The van der Waals surface area contributed by atoms with Gasteiger partial charge in [-0.1, -0.05) is 13.8 Å². The number of anilines is 1. The van der Waals surface area contributed by atoms with E-state index in [0.717, 1.165) is 42.1 Å². The van der Waals surface area contributed by atoms with E-state index in [1.54, 1.807) is 17.7 Å². The zero-order valence-corrected chi connectivity index (χ0v) is 15.8. The summed E-state index contributed by atoms with van der Waals surface area (Å²) in [6, 6.07) is 0. The number of amides is 1. The van der Waals surface area contributed by atoms with E-state index in [9.17, 15) is 4.79 Å². The van der Waals surface area contributed by atoms with Gasteiger partial charge in [0.1, 0.15) is 17.0 Å². The summed E-state index contributed by atoms with van der Waals surface area (Å²) in [6.07, 6.45) is 2.51. The third kappa shape index (κ3) is 4.64. The predicted octanol–water partition coefficient (Wildman–Crippen LogP) is 2.57. The van der Waals surface area contributed by atoms with Gasteiger partial charge in [0.15, 0.2) is 0 Å². The number of aryl methyl sites for hydroxylation is 2.